The molecule has 2 aliphatic heterocycles. The Morgan fingerprint density at radius 1 is 0.844 bits per heavy atom. The van der Waals surface area contributed by atoms with E-state index in [0.29, 0.717) is 24.4 Å². The standard InChI is InChI=1S/C37H48ClN3O2.2ClH/c1-2-23-40-25-18-30(19-26-40)35(42)39-29-36(31-10-5-3-6-11-31,32-12-7-4-8-13-32)20-9-24-41-27-21-37(43,22-28-41)33-14-16-34(38)17-15-33;;/h3-8,10-17,30,43H,2,9,18-29H2,1H3,(H,39,42);2*1H. The zero-order valence-electron chi connectivity index (χ0n) is 26.5. The molecule has 246 valence electrons. The molecule has 0 aromatic heterocycles. The molecule has 2 N–H and O–H groups in total. The van der Waals surface area contributed by atoms with Crippen molar-refractivity contribution < 1.29 is 9.90 Å². The van der Waals surface area contributed by atoms with Gasteiger partial charge in [0.05, 0.1) is 5.60 Å². The van der Waals surface area contributed by atoms with Crippen molar-refractivity contribution in [1.82, 2.24) is 15.1 Å². The number of rotatable bonds is 12. The van der Waals surface area contributed by atoms with E-state index in [0.717, 1.165) is 76.9 Å². The number of likely N-dealkylation sites (tertiary alicyclic amines) is 2. The average Bonchev–Trinajstić information content (AvgIpc) is 3.05. The first kappa shape index (κ1) is 37.3. The molecule has 0 spiro atoms. The van der Waals surface area contributed by atoms with Gasteiger partial charge in [0, 0.05) is 36.0 Å². The molecule has 3 aromatic rings. The van der Waals surface area contributed by atoms with Crippen molar-refractivity contribution in [3.05, 3.63) is 107 Å². The molecule has 1 amide bonds. The lowest BCUT2D eigenvalue weighted by Gasteiger charge is -2.40. The Labute approximate surface area is 287 Å². The zero-order valence-corrected chi connectivity index (χ0v) is 28.9. The first-order chi connectivity index (χ1) is 20.9. The van der Waals surface area contributed by atoms with Crippen LogP contribution in [0.15, 0.2) is 84.9 Å². The van der Waals surface area contributed by atoms with Gasteiger partial charge in [-0.15, -0.1) is 24.8 Å². The highest BCUT2D eigenvalue weighted by atomic mass is 35.5. The number of halogens is 3. The van der Waals surface area contributed by atoms with Crippen molar-refractivity contribution >= 4 is 42.3 Å². The summed E-state index contributed by atoms with van der Waals surface area (Å²) in [7, 11) is 0. The Morgan fingerprint density at radius 3 is 1.91 bits per heavy atom. The third-order valence-corrected chi connectivity index (χ3v) is 10.1. The second-order valence-electron chi connectivity index (χ2n) is 12.6. The molecule has 0 aliphatic carbocycles. The minimum atomic E-state index is -0.796. The molecule has 5 rings (SSSR count). The van der Waals surface area contributed by atoms with E-state index in [9.17, 15) is 9.90 Å². The fraction of sp³-hybridized carbons (Fsp3) is 0.486. The van der Waals surface area contributed by atoms with Gasteiger partial charge in [0.1, 0.15) is 0 Å². The van der Waals surface area contributed by atoms with Gasteiger partial charge in [-0.2, -0.15) is 0 Å². The van der Waals surface area contributed by atoms with Crippen molar-refractivity contribution in [3.63, 3.8) is 0 Å². The van der Waals surface area contributed by atoms with Crippen molar-refractivity contribution in [2.75, 3.05) is 45.8 Å². The van der Waals surface area contributed by atoms with E-state index in [2.05, 4.69) is 82.7 Å². The molecule has 8 heteroatoms. The number of hydrogen-bond acceptors (Lipinski definition) is 4. The van der Waals surface area contributed by atoms with Crippen LogP contribution in [0.4, 0.5) is 0 Å². The first-order valence-electron chi connectivity index (χ1n) is 16.2. The number of aliphatic hydroxyl groups is 1. The predicted molar refractivity (Wildman–Crippen MR) is 191 cm³/mol. The molecule has 0 radical (unpaired) electrons. The second kappa shape index (κ2) is 17.7. The fourth-order valence-corrected chi connectivity index (χ4v) is 7.31. The molecule has 2 aliphatic rings. The van der Waals surface area contributed by atoms with E-state index in [4.69, 9.17) is 11.6 Å². The molecular weight excluding hydrogens is 625 g/mol. The van der Waals surface area contributed by atoms with Crippen LogP contribution in [0.2, 0.25) is 5.02 Å². The quantitative estimate of drug-likeness (QED) is 0.209. The van der Waals surface area contributed by atoms with Gasteiger partial charge in [0.15, 0.2) is 0 Å². The van der Waals surface area contributed by atoms with Gasteiger partial charge in [0.25, 0.3) is 0 Å². The molecule has 3 aromatic carbocycles. The highest BCUT2D eigenvalue weighted by Gasteiger charge is 2.37. The summed E-state index contributed by atoms with van der Waals surface area (Å²) in [5.74, 6) is 0.287. The van der Waals surface area contributed by atoms with E-state index in [1.807, 2.05) is 24.3 Å². The summed E-state index contributed by atoms with van der Waals surface area (Å²) in [5.41, 5.74) is 2.33. The van der Waals surface area contributed by atoms with Crippen LogP contribution in [0.25, 0.3) is 0 Å². The lowest BCUT2D eigenvalue weighted by Crippen LogP contribution is -2.47. The van der Waals surface area contributed by atoms with Crippen molar-refractivity contribution in [3.8, 4) is 0 Å². The normalized spacial score (nSPS) is 17.6. The maximum Gasteiger partial charge on any atom is 0.223 e. The van der Waals surface area contributed by atoms with Gasteiger partial charge in [-0.05, 0) is 99.9 Å². The molecular formula is C37H50Cl3N3O2. The van der Waals surface area contributed by atoms with E-state index >= 15 is 0 Å². The lowest BCUT2D eigenvalue weighted by molar-refractivity contribution is -0.126. The largest absolute Gasteiger partial charge is 0.385 e. The molecule has 0 bridgehead atoms. The van der Waals surface area contributed by atoms with E-state index in [1.54, 1.807) is 0 Å². The van der Waals surface area contributed by atoms with Gasteiger partial charge in [0.2, 0.25) is 5.91 Å². The average molecular weight is 675 g/mol. The van der Waals surface area contributed by atoms with Crippen molar-refractivity contribution in [2.24, 2.45) is 5.92 Å². The van der Waals surface area contributed by atoms with Crippen LogP contribution >= 0.6 is 36.4 Å². The summed E-state index contributed by atoms with van der Waals surface area (Å²) in [5, 5.41) is 15.5. The van der Waals surface area contributed by atoms with Crippen LogP contribution in [0.1, 0.15) is 68.6 Å². The maximum atomic E-state index is 13.5. The number of amides is 1. The Morgan fingerprint density at radius 2 is 1.38 bits per heavy atom. The number of carbonyl (C=O) groups is 1. The van der Waals surface area contributed by atoms with Gasteiger partial charge >= 0.3 is 0 Å². The van der Waals surface area contributed by atoms with Crippen LogP contribution in [-0.4, -0.2) is 66.6 Å². The Hall–Kier alpha value is -2.12. The number of piperidine rings is 2. The monoisotopic (exact) mass is 673 g/mol. The van der Waals surface area contributed by atoms with Crippen molar-refractivity contribution in [2.45, 2.75) is 62.9 Å². The van der Waals surface area contributed by atoms with Crippen LogP contribution in [0.5, 0.6) is 0 Å². The third-order valence-electron chi connectivity index (χ3n) is 9.86. The Balaban J connectivity index is 0.00000276. The zero-order chi connectivity index (χ0) is 30.1. The maximum absolute atomic E-state index is 13.5. The topological polar surface area (TPSA) is 55.8 Å². The fourth-order valence-electron chi connectivity index (χ4n) is 7.18. The SMILES string of the molecule is CCCN1CCC(C(=O)NCC(CCCN2CCC(O)(c3ccc(Cl)cc3)CC2)(c2ccccc2)c2ccccc2)CC1.Cl.Cl. The Bertz CT molecular complexity index is 1240. The number of benzene rings is 3. The summed E-state index contributed by atoms with van der Waals surface area (Å²) in [6.07, 6.45) is 6.38. The summed E-state index contributed by atoms with van der Waals surface area (Å²) in [6, 6.07) is 29.1. The Kier molecular flexibility index (Phi) is 14.7. The molecule has 2 saturated heterocycles. The lowest BCUT2D eigenvalue weighted by atomic mass is 9.71. The van der Waals surface area contributed by atoms with E-state index in [-0.39, 0.29) is 42.1 Å². The number of hydrogen-bond donors (Lipinski definition) is 2. The molecule has 2 heterocycles. The summed E-state index contributed by atoms with van der Waals surface area (Å²) < 4.78 is 0. The van der Waals surface area contributed by atoms with Gasteiger partial charge < -0.3 is 20.2 Å². The van der Waals surface area contributed by atoms with Crippen molar-refractivity contribution in [1.29, 1.82) is 0 Å². The first-order valence-corrected chi connectivity index (χ1v) is 16.6. The minimum Gasteiger partial charge on any atom is -0.385 e. The van der Waals surface area contributed by atoms with Gasteiger partial charge in [-0.1, -0.05) is 91.3 Å². The van der Waals surface area contributed by atoms with Crippen LogP contribution in [0.3, 0.4) is 0 Å². The minimum absolute atomic E-state index is 0. The summed E-state index contributed by atoms with van der Waals surface area (Å²) >= 11 is 6.08. The molecule has 0 unspecified atom stereocenters. The van der Waals surface area contributed by atoms with Crippen LogP contribution in [-0.2, 0) is 15.8 Å². The molecule has 0 saturated carbocycles. The third kappa shape index (κ3) is 9.47. The molecule has 0 atom stereocenters. The van der Waals surface area contributed by atoms with Crippen LogP contribution in [0, 0.1) is 5.92 Å². The highest BCUT2D eigenvalue weighted by molar-refractivity contribution is 6.30. The summed E-state index contributed by atoms with van der Waals surface area (Å²) in [4.78, 5) is 18.5. The number of carbonyl (C=O) groups excluding carboxylic acids is 1. The van der Waals surface area contributed by atoms with E-state index < -0.39 is 5.60 Å². The number of nitrogens with zero attached hydrogens (tertiary/aromatic N) is 2. The van der Waals surface area contributed by atoms with E-state index in [1.165, 1.54) is 11.1 Å². The number of nitrogens with one attached hydrogen (secondary N) is 1. The second-order valence-corrected chi connectivity index (χ2v) is 13.1. The van der Waals surface area contributed by atoms with Gasteiger partial charge in [-0.3, -0.25) is 4.79 Å². The molecule has 5 nitrogen and oxygen atoms in total. The highest BCUT2D eigenvalue weighted by Crippen LogP contribution is 2.38. The molecule has 45 heavy (non-hydrogen) atoms. The smallest absolute Gasteiger partial charge is 0.223 e. The predicted octanol–water partition coefficient (Wildman–Crippen LogP) is 7.47. The van der Waals surface area contributed by atoms with Gasteiger partial charge in [-0.25, -0.2) is 0 Å². The van der Waals surface area contributed by atoms with Crippen LogP contribution < -0.4 is 5.32 Å². The summed E-state index contributed by atoms with van der Waals surface area (Å²) in [6.45, 7) is 8.63. The molecule has 2 fully saturated rings.